The van der Waals surface area contributed by atoms with E-state index in [4.69, 9.17) is 0 Å². The van der Waals surface area contributed by atoms with Gasteiger partial charge in [-0.05, 0) is 39.7 Å². The number of aromatic nitrogens is 1. The second kappa shape index (κ2) is 5.30. The Bertz CT molecular complexity index is 586. The first-order valence-corrected chi connectivity index (χ1v) is 6.13. The van der Waals surface area contributed by atoms with Gasteiger partial charge in [0.1, 0.15) is 6.10 Å². The molecule has 1 aromatic heterocycles. The molecule has 2 nitrogen and oxygen atoms in total. The summed E-state index contributed by atoms with van der Waals surface area (Å²) in [5.41, 5.74) is -0.185. The van der Waals surface area contributed by atoms with Crippen LogP contribution in [0.5, 0.6) is 0 Å². The Labute approximate surface area is 116 Å². The predicted octanol–water partition coefficient (Wildman–Crippen LogP) is 3.94. The molecule has 1 unspecified atom stereocenters. The van der Waals surface area contributed by atoms with Gasteiger partial charge in [-0.15, -0.1) is 0 Å². The van der Waals surface area contributed by atoms with E-state index in [1.807, 2.05) is 0 Å². The van der Waals surface area contributed by atoms with E-state index in [-0.39, 0.29) is 5.56 Å². The van der Waals surface area contributed by atoms with Gasteiger partial charge in [0.05, 0.1) is 5.56 Å². The average molecular weight is 332 g/mol. The number of alkyl halides is 3. The second-order valence-electron chi connectivity index (χ2n) is 3.96. The number of benzene rings is 1. The third kappa shape index (κ3) is 3.33. The molecule has 1 N–H and O–H groups in total. The summed E-state index contributed by atoms with van der Waals surface area (Å²) < 4.78 is 38.4. The fourth-order valence-electron chi connectivity index (χ4n) is 1.66. The van der Waals surface area contributed by atoms with Crippen LogP contribution in [0, 0.1) is 0 Å². The molecule has 19 heavy (non-hydrogen) atoms. The summed E-state index contributed by atoms with van der Waals surface area (Å²) in [4.78, 5) is 3.87. The zero-order valence-electron chi connectivity index (χ0n) is 9.53. The largest absolute Gasteiger partial charge is 0.416 e. The van der Waals surface area contributed by atoms with Crippen LogP contribution in [0.2, 0.25) is 0 Å². The number of pyridine rings is 1. The molecule has 1 aromatic carbocycles. The minimum Gasteiger partial charge on any atom is -0.384 e. The summed E-state index contributed by atoms with van der Waals surface area (Å²) in [5, 5.41) is 10.1. The third-order valence-electron chi connectivity index (χ3n) is 2.57. The average Bonchev–Trinajstić information content (AvgIpc) is 2.37. The molecule has 1 atom stereocenters. The highest BCUT2D eigenvalue weighted by Gasteiger charge is 2.31. The molecule has 100 valence electrons. The minimum absolute atomic E-state index is 0.176. The van der Waals surface area contributed by atoms with Gasteiger partial charge in [-0.1, -0.05) is 12.1 Å². The van der Waals surface area contributed by atoms with Crippen molar-refractivity contribution in [3.63, 3.8) is 0 Å². The maximum Gasteiger partial charge on any atom is 0.416 e. The molecule has 0 saturated carbocycles. The molecule has 0 spiro atoms. The third-order valence-corrected chi connectivity index (χ3v) is 3.01. The van der Waals surface area contributed by atoms with Gasteiger partial charge in [-0.25, -0.2) is 0 Å². The lowest BCUT2D eigenvalue weighted by Gasteiger charge is -2.14. The summed E-state index contributed by atoms with van der Waals surface area (Å²) in [7, 11) is 0. The molecular weight excluding hydrogens is 323 g/mol. The van der Waals surface area contributed by atoms with Crippen LogP contribution in [0.15, 0.2) is 47.2 Å². The first-order chi connectivity index (χ1) is 8.88. The number of halogens is 4. The minimum atomic E-state index is -4.43. The van der Waals surface area contributed by atoms with Crippen molar-refractivity contribution in [1.29, 1.82) is 0 Å². The Morgan fingerprint density at radius 3 is 2.47 bits per heavy atom. The van der Waals surface area contributed by atoms with E-state index in [1.54, 1.807) is 6.07 Å². The normalized spacial score (nSPS) is 13.3. The molecule has 0 fully saturated rings. The Morgan fingerprint density at radius 2 is 1.84 bits per heavy atom. The molecule has 0 aliphatic heterocycles. The maximum atomic E-state index is 12.6. The summed E-state index contributed by atoms with van der Waals surface area (Å²) in [6.07, 6.45) is -2.63. The van der Waals surface area contributed by atoms with Crippen molar-refractivity contribution >= 4 is 15.9 Å². The molecule has 6 heteroatoms. The fourth-order valence-corrected chi connectivity index (χ4v) is 2.04. The van der Waals surface area contributed by atoms with Crippen LogP contribution in [-0.2, 0) is 6.18 Å². The van der Waals surface area contributed by atoms with Crippen molar-refractivity contribution in [3.05, 3.63) is 63.9 Å². The van der Waals surface area contributed by atoms with Gasteiger partial charge < -0.3 is 5.11 Å². The Balaban J connectivity index is 2.37. The summed E-state index contributed by atoms with van der Waals surface area (Å²) in [5.74, 6) is 0. The molecule has 1 heterocycles. The molecular formula is C13H9BrF3NO. The molecule has 0 radical (unpaired) electrons. The monoisotopic (exact) mass is 331 g/mol. The molecule has 0 aliphatic rings. The SMILES string of the molecule is OC(c1cncc(Br)c1)c1cccc(C(F)(F)F)c1. The van der Waals surface area contributed by atoms with Gasteiger partial charge in [0.15, 0.2) is 0 Å². The quantitative estimate of drug-likeness (QED) is 0.904. The van der Waals surface area contributed by atoms with Crippen molar-refractivity contribution in [1.82, 2.24) is 4.98 Å². The molecule has 0 amide bonds. The van der Waals surface area contributed by atoms with Gasteiger partial charge in [0.25, 0.3) is 0 Å². The van der Waals surface area contributed by atoms with E-state index in [0.717, 1.165) is 12.1 Å². The van der Waals surface area contributed by atoms with E-state index < -0.39 is 17.8 Å². The zero-order chi connectivity index (χ0) is 14.0. The topological polar surface area (TPSA) is 33.1 Å². The van der Waals surface area contributed by atoms with Crippen molar-refractivity contribution in [2.75, 3.05) is 0 Å². The van der Waals surface area contributed by atoms with Gasteiger partial charge >= 0.3 is 6.18 Å². The lowest BCUT2D eigenvalue weighted by atomic mass is 10.0. The number of hydrogen-bond acceptors (Lipinski definition) is 2. The summed E-state index contributed by atoms with van der Waals surface area (Å²) >= 11 is 3.20. The van der Waals surface area contributed by atoms with Crippen molar-refractivity contribution in [2.24, 2.45) is 0 Å². The lowest BCUT2D eigenvalue weighted by Crippen LogP contribution is -2.07. The van der Waals surface area contributed by atoms with E-state index in [1.165, 1.54) is 24.5 Å². The molecule has 0 saturated heterocycles. The highest BCUT2D eigenvalue weighted by molar-refractivity contribution is 9.10. The maximum absolute atomic E-state index is 12.6. The Hall–Kier alpha value is -1.40. The zero-order valence-corrected chi connectivity index (χ0v) is 11.1. The van der Waals surface area contributed by atoms with Crippen LogP contribution in [0.1, 0.15) is 22.8 Å². The molecule has 0 bridgehead atoms. The van der Waals surface area contributed by atoms with Gasteiger partial charge in [0, 0.05) is 22.4 Å². The van der Waals surface area contributed by atoms with Crippen molar-refractivity contribution < 1.29 is 18.3 Å². The fraction of sp³-hybridized carbons (Fsp3) is 0.154. The Kier molecular flexibility index (Phi) is 3.91. The highest BCUT2D eigenvalue weighted by atomic mass is 79.9. The van der Waals surface area contributed by atoms with E-state index in [0.29, 0.717) is 10.0 Å². The van der Waals surface area contributed by atoms with Gasteiger partial charge in [0.2, 0.25) is 0 Å². The number of aliphatic hydroxyl groups is 1. The van der Waals surface area contributed by atoms with Crippen molar-refractivity contribution in [2.45, 2.75) is 12.3 Å². The van der Waals surface area contributed by atoms with Crippen LogP contribution in [0.25, 0.3) is 0 Å². The molecule has 2 rings (SSSR count). The number of aliphatic hydroxyl groups excluding tert-OH is 1. The van der Waals surface area contributed by atoms with E-state index in [2.05, 4.69) is 20.9 Å². The lowest BCUT2D eigenvalue weighted by molar-refractivity contribution is -0.137. The Morgan fingerprint density at radius 1 is 1.11 bits per heavy atom. The molecule has 2 aromatic rings. The summed E-state index contributed by atoms with van der Waals surface area (Å²) in [6.45, 7) is 0. The predicted molar refractivity (Wildman–Crippen MR) is 67.4 cm³/mol. The van der Waals surface area contributed by atoms with E-state index >= 15 is 0 Å². The van der Waals surface area contributed by atoms with Crippen LogP contribution in [0.4, 0.5) is 13.2 Å². The highest BCUT2D eigenvalue weighted by Crippen LogP contribution is 2.32. The van der Waals surface area contributed by atoms with Gasteiger partial charge in [-0.2, -0.15) is 13.2 Å². The summed E-state index contributed by atoms with van der Waals surface area (Å²) in [6, 6.07) is 6.23. The first kappa shape index (κ1) is 14.0. The number of nitrogens with zero attached hydrogens (tertiary/aromatic N) is 1. The molecule has 0 aliphatic carbocycles. The van der Waals surface area contributed by atoms with Crippen LogP contribution < -0.4 is 0 Å². The second-order valence-corrected chi connectivity index (χ2v) is 4.88. The van der Waals surface area contributed by atoms with Crippen LogP contribution >= 0.6 is 15.9 Å². The standard InChI is InChI=1S/C13H9BrF3NO/c14-11-5-9(6-18-7-11)12(19)8-2-1-3-10(4-8)13(15,16)17/h1-7,12,19H. The van der Waals surface area contributed by atoms with Gasteiger partial charge in [-0.3, -0.25) is 4.98 Å². The smallest absolute Gasteiger partial charge is 0.384 e. The van der Waals surface area contributed by atoms with Crippen LogP contribution in [0.3, 0.4) is 0 Å². The first-order valence-electron chi connectivity index (χ1n) is 5.33. The van der Waals surface area contributed by atoms with E-state index in [9.17, 15) is 18.3 Å². The number of rotatable bonds is 2. The van der Waals surface area contributed by atoms with Crippen molar-refractivity contribution in [3.8, 4) is 0 Å². The van der Waals surface area contributed by atoms with Crippen LogP contribution in [-0.4, -0.2) is 10.1 Å². The number of hydrogen-bond donors (Lipinski definition) is 1.